The van der Waals surface area contributed by atoms with Crippen molar-refractivity contribution in [3.05, 3.63) is 0 Å². The van der Waals surface area contributed by atoms with Crippen molar-refractivity contribution in [1.82, 2.24) is 0 Å². The van der Waals surface area contributed by atoms with E-state index in [1.807, 2.05) is 13.8 Å². The van der Waals surface area contributed by atoms with Crippen molar-refractivity contribution in [3.8, 4) is 0 Å². The van der Waals surface area contributed by atoms with Gasteiger partial charge in [0.15, 0.2) is 0 Å². The van der Waals surface area contributed by atoms with Crippen molar-refractivity contribution in [1.29, 1.82) is 0 Å². The Hall–Kier alpha value is -0.860. The summed E-state index contributed by atoms with van der Waals surface area (Å²) < 4.78 is 4.80. The smallest absolute Gasteiger partial charge is 0.305 e. The molecular weight excluding hydrogens is 372 g/mol. The number of carbonyl (C=O) groups is 2. The third-order valence-electron chi connectivity index (χ3n) is 10.5. The summed E-state index contributed by atoms with van der Waals surface area (Å²) in [5.74, 6) is 2.81. The minimum Gasteiger partial charge on any atom is -0.469 e. The molecule has 7 unspecified atom stereocenters. The highest BCUT2D eigenvalue weighted by atomic mass is 16.5. The van der Waals surface area contributed by atoms with Crippen LogP contribution in [0.25, 0.3) is 0 Å². The summed E-state index contributed by atoms with van der Waals surface area (Å²) in [6.45, 7) is 11.4. The maximum Gasteiger partial charge on any atom is 0.305 e. The third-order valence-corrected chi connectivity index (χ3v) is 10.5. The molecule has 0 bridgehead atoms. The van der Waals surface area contributed by atoms with Crippen molar-refractivity contribution in [2.45, 2.75) is 112 Å². The van der Waals surface area contributed by atoms with Crippen molar-refractivity contribution in [2.75, 3.05) is 7.11 Å². The average molecular weight is 419 g/mol. The first kappa shape index (κ1) is 23.8. The normalized spacial score (nSPS) is 44.8. The van der Waals surface area contributed by atoms with E-state index in [1.54, 1.807) is 0 Å². The Morgan fingerprint density at radius 3 is 2.40 bits per heavy atom. The number of Topliss-reactive ketones (excluding diaryl/α,β-unsaturated/α-hetero) is 1. The Labute approximate surface area is 185 Å². The molecule has 4 aliphatic rings. The van der Waals surface area contributed by atoms with Gasteiger partial charge in [0.05, 0.1) is 7.11 Å². The Morgan fingerprint density at radius 1 is 1.00 bits per heavy atom. The number of ketones is 1. The number of fused-ring (bicyclic) bond motifs is 5. The molecule has 0 heterocycles. The fourth-order valence-electron chi connectivity index (χ4n) is 8.49. The standard InChI is InChI=1S/C25H40O3.C2H6/c1-23-13-5-6-14-24(23,2)20-16-21(26)25(3)17(8-7-9-22(27)28-4)10-11-19(25)18(20)12-15-23;1-2/h17-20H,5-16H2,1-4H3;1-2H3. The van der Waals surface area contributed by atoms with E-state index in [-0.39, 0.29) is 11.4 Å². The molecule has 4 aliphatic carbocycles. The zero-order valence-corrected chi connectivity index (χ0v) is 20.5. The monoisotopic (exact) mass is 418 g/mol. The van der Waals surface area contributed by atoms with Crippen LogP contribution in [-0.4, -0.2) is 18.9 Å². The summed E-state index contributed by atoms with van der Waals surface area (Å²) in [5.41, 5.74) is 0.656. The molecule has 0 spiro atoms. The maximum absolute atomic E-state index is 13.6. The van der Waals surface area contributed by atoms with E-state index in [9.17, 15) is 9.59 Å². The molecule has 30 heavy (non-hydrogen) atoms. The molecule has 4 fully saturated rings. The zero-order valence-electron chi connectivity index (χ0n) is 20.5. The Morgan fingerprint density at radius 2 is 1.70 bits per heavy atom. The van der Waals surface area contributed by atoms with Gasteiger partial charge < -0.3 is 4.74 Å². The molecule has 0 radical (unpaired) electrons. The van der Waals surface area contributed by atoms with E-state index in [2.05, 4.69) is 20.8 Å². The summed E-state index contributed by atoms with van der Waals surface area (Å²) in [5, 5.41) is 0. The topological polar surface area (TPSA) is 43.4 Å². The van der Waals surface area contributed by atoms with E-state index < -0.39 is 0 Å². The lowest BCUT2D eigenvalue weighted by Crippen LogP contribution is -2.59. The number of rotatable bonds is 4. The second-order valence-corrected chi connectivity index (χ2v) is 11.3. The number of hydrogen-bond donors (Lipinski definition) is 0. The molecule has 0 amide bonds. The summed E-state index contributed by atoms with van der Waals surface area (Å²) >= 11 is 0. The van der Waals surface area contributed by atoms with Crippen LogP contribution in [0.5, 0.6) is 0 Å². The van der Waals surface area contributed by atoms with Gasteiger partial charge in [0, 0.05) is 18.3 Å². The van der Waals surface area contributed by atoms with E-state index in [0.717, 1.165) is 25.2 Å². The molecule has 172 valence electrons. The lowest BCUT2D eigenvalue weighted by atomic mass is 9.40. The molecule has 0 saturated heterocycles. The Balaban J connectivity index is 0.00000124. The van der Waals surface area contributed by atoms with Gasteiger partial charge in [-0.2, -0.15) is 0 Å². The average Bonchev–Trinajstić information content (AvgIpc) is 3.08. The van der Waals surface area contributed by atoms with Gasteiger partial charge in [-0.15, -0.1) is 0 Å². The second kappa shape index (κ2) is 8.94. The summed E-state index contributed by atoms with van der Waals surface area (Å²) in [7, 11) is 1.46. The van der Waals surface area contributed by atoms with Gasteiger partial charge in [-0.25, -0.2) is 0 Å². The highest BCUT2D eigenvalue weighted by Gasteiger charge is 2.65. The predicted molar refractivity (Wildman–Crippen MR) is 122 cm³/mol. The van der Waals surface area contributed by atoms with E-state index >= 15 is 0 Å². The van der Waals surface area contributed by atoms with Gasteiger partial charge in [-0.05, 0) is 85.9 Å². The molecule has 0 N–H and O–H groups in total. The largest absolute Gasteiger partial charge is 0.469 e. The zero-order chi connectivity index (χ0) is 22.2. The molecule has 0 aromatic rings. The molecule has 0 aliphatic heterocycles. The number of hydrogen-bond acceptors (Lipinski definition) is 3. The van der Waals surface area contributed by atoms with Gasteiger partial charge in [0.2, 0.25) is 0 Å². The number of ether oxygens (including phenoxy) is 1. The van der Waals surface area contributed by atoms with Gasteiger partial charge in [0.25, 0.3) is 0 Å². The van der Waals surface area contributed by atoms with Crippen molar-refractivity contribution >= 4 is 11.8 Å². The highest BCUT2D eigenvalue weighted by molar-refractivity contribution is 5.87. The van der Waals surface area contributed by atoms with E-state index in [0.29, 0.717) is 40.8 Å². The van der Waals surface area contributed by atoms with Crippen LogP contribution in [0, 0.1) is 39.9 Å². The molecule has 4 saturated carbocycles. The van der Waals surface area contributed by atoms with Gasteiger partial charge in [-0.3, -0.25) is 9.59 Å². The Kier molecular flexibility index (Phi) is 7.09. The Bertz CT molecular complexity index is 642. The maximum atomic E-state index is 13.6. The molecule has 0 aromatic heterocycles. The molecule has 3 heteroatoms. The first-order valence-electron chi connectivity index (χ1n) is 12.9. The molecule has 4 rings (SSSR count). The second-order valence-electron chi connectivity index (χ2n) is 11.3. The fourth-order valence-corrected chi connectivity index (χ4v) is 8.49. The minimum absolute atomic E-state index is 0.119. The first-order valence-corrected chi connectivity index (χ1v) is 12.9. The van der Waals surface area contributed by atoms with Crippen molar-refractivity contribution in [2.24, 2.45) is 39.9 Å². The van der Waals surface area contributed by atoms with Gasteiger partial charge in [0.1, 0.15) is 5.78 Å². The first-order chi connectivity index (χ1) is 14.3. The lowest BCUT2D eigenvalue weighted by Gasteiger charge is -2.64. The van der Waals surface area contributed by atoms with Crippen molar-refractivity contribution < 1.29 is 14.3 Å². The van der Waals surface area contributed by atoms with Gasteiger partial charge >= 0.3 is 5.97 Å². The van der Waals surface area contributed by atoms with Crippen LogP contribution in [0.4, 0.5) is 0 Å². The minimum atomic E-state index is -0.143. The van der Waals surface area contributed by atoms with E-state index in [4.69, 9.17) is 4.74 Å². The summed E-state index contributed by atoms with van der Waals surface area (Å²) in [4.78, 5) is 25.2. The van der Waals surface area contributed by atoms with Crippen LogP contribution in [0.1, 0.15) is 112 Å². The van der Waals surface area contributed by atoms with Crippen LogP contribution in [0.3, 0.4) is 0 Å². The van der Waals surface area contributed by atoms with Crippen LogP contribution < -0.4 is 0 Å². The SMILES string of the molecule is CC.COC(=O)CCCC1CCC2C3CCC4(C)CCCCC4(C)C3CC(=O)C12C. The number of esters is 1. The summed E-state index contributed by atoms with van der Waals surface area (Å²) in [6.07, 6.45) is 13.7. The van der Waals surface area contributed by atoms with Crippen LogP contribution in [0.2, 0.25) is 0 Å². The summed E-state index contributed by atoms with van der Waals surface area (Å²) in [6, 6.07) is 0. The number of carbonyl (C=O) groups excluding carboxylic acids is 2. The highest BCUT2D eigenvalue weighted by Crippen LogP contribution is 2.70. The molecule has 7 atom stereocenters. The number of methoxy groups -OCH3 is 1. The molecular formula is C27H46O3. The fraction of sp³-hybridized carbons (Fsp3) is 0.926. The predicted octanol–water partition coefficient (Wildman–Crippen LogP) is 6.97. The molecule has 0 aromatic carbocycles. The van der Waals surface area contributed by atoms with Crippen molar-refractivity contribution in [3.63, 3.8) is 0 Å². The lowest BCUT2D eigenvalue weighted by molar-refractivity contribution is -0.169. The van der Waals surface area contributed by atoms with E-state index in [1.165, 1.54) is 58.5 Å². The quantitative estimate of drug-likeness (QED) is 0.463. The van der Waals surface area contributed by atoms with Crippen LogP contribution >= 0.6 is 0 Å². The van der Waals surface area contributed by atoms with Crippen LogP contribution in [0.15, 0.2) is 0 Å². The van der Waals surface area contributed by atoms with Gasteiger partial charge in [-0.1, -0.05) is 47.5 Å². The molecule has 3 nitrogen and oxygen atoms in total. The van der Waals surface area contributed by atoms with Crippen LogP contribution in [-0.2, 0) is 14.3 Å². The third kappa shape index (κ3) is 3.56.